The highest BCUT2D eigenvalue weighted by atomic mass is 32.2. The summed E-state index contributed by atoms with van der Waals surface area (Å²) in [5, 5.41) is 0. The fraction of sp³-hybridized carbons (Fsp3) is 0.381. The van der Waals surface area contributed by atoms with Crippen LogP contribution in [0.15, 0.2) is 41.3 Å². The van der Waals surface area contributed by atoms with E-state index in [1.165, 1.54) is 6.07 Å². The standard InChI is InChI=1S/C21H26N2O3S/c1-15-11-16(2)13-19(12-15)22-27(25,26)20-14-18(8-7-17(20)3)21(24)23-9-5-4-6-10-23/h7-8,11-14,22H,4-6,9-10H2,1-3H3. The van der Waals surface area contributed by atoms with Gasteiger partial charge < -0.3 is 4.90 Å². The number of amides is 1. The summed E-state index contributed by atoms with van der Waals surface area (Å²) in [7, 11) is -3.79. The first-order valence-corrected chi connectivity index (χ1v) is 10.8. The summed E-state index contributed by atoms with van der Waals surface area (Å²) in [6, 6.07) is 10.5. The third-order valence-corrected chi connectivity index (χ3v) is 6.37. The molecule has 0 radical (unpaired) electrons. The van der Waals surface area contributed by atoms with E-state index in [4.69, 9.17) is 0 Å². The second-order valence-corrected chi connectivity index (χ2v) is 8.97. The summed E-state index contributed by atoms with van der Waals surface area (Å²) in [6.07, 6.45) is 3.13. The zero-order valence-electron chi connectivity index (χ0n) is 16.1. The second kappa shape index (κ2) is 7.72. The molecule has 5 nitrogen and oxygen atoms in total. The first-order valence-electron chi connectivity index (χ1n) is 9.27. The summed E-state index contributed by atoms with van der Waals surface area (Å²) in [5.74, 6) is -0.0995. The molecule has 27 heavy (non-hydrogen) atoms. The SMILES string of the molecule is Cc1cc(C)cc(NS(=O)(=O)c2cc(C(=O)N3CCCCC3)ccc2C)c1. The van der Waals surface area contributed by atoms with Crippen molar-refractivity contribution in [2.45, 2.75) is 44.9 Å². The van der Waals surface area contributed by atoms with Crippen LogP contribution < -0.4 is 4.72 Å². The number of nitrogens with one attached hydrogen (secondary N) is 1. The minimum Gasteiger partial charge on any atom is -0.339 e. The average molecular weight is 387 g/mol. The number of hydrogen-bond donors (Lipinski definition) is 1. The highest BCUT2D eigenvalue weighted by Crippen LogP contribution is 2.23. The van der Waals surface area contributed by atoms with E-state index in [0.717, 1.165) is 43.5 Å². The monoisotopic (exact) mass is 386 g/mol. The Morgan fingerprint density at radius 1 is 0.926 bits per heavy atom. The molecule has 0 spiro atoms. The van der Waals surface area contributed by atoms with Gasteiger partial charge in [0, 0.05) is 24.3 Å². The van der Waals surface area contributed by atoms with Gasteiger partial charge in [-0.1, -0.05) is 12.1 Å². The first kappa shape index (κ1) is 19.4. The maximum absolute atomic E-state index is 13.0. The predicted molar refractivity (Wildman–Crippen MR) is 108 cm³/mol. The van der Waals surface area contributed by atoms with Crippen molar-refractivity contribution < 1.29 is 13.2 Å². The lowest BCUT2D eigenvalue weighted by Crippen LogP contribution is -2.35. The smallest absolute Gasteiger partial charge is 0.262 e. The Balaban J connectivity index is 1.91. The normalized spacial score (nSPS) is 14.9. The van der Waals surface area contributed by atoms with Crippen molar-refractivity contribution in [2.75, 3.05) is 17.8 Å². The number of sulfonamides is 1. The minimum absolute atomic E-state index is 0.0995. The van der Waals surface area contributed by atoms with Crippen LogP contribution in [0.4, 0.5) is 5.69 Å². The number of rotatable bonds is 4. The summed E-state index contributed by atoms with van der Waals surface area (Å²) < 4.78 is 28.6. The average Bonchev–Trinajstić information content (AvgIpc) is 2.61. The molecule has 1 N–H and O–H groups in total. The number of carbonyl (C=O) groups excluding carboxylic acids is 1. The van der Waals surface area contributed by atoms with Gasteiger partial charge in [-0.2, -0.15) is 0 Å². The molecular formula is C21H26N2O3S. The second-order valence-electron chi connectivity index (χ2n) is 7.32. The lowest BCUT2D eigenvalue weighted by atomic mass is 10.1. The maximum Gasteiger partial charge on any atom is 0.262 e. The minimum atomic E-state index is -3.79. The van der Waals surface area contributed by atoms with E-state index in [2.05, 4.69) is 4.72 Å². The molecule has 0 aromatic heterocycles. The van der Waals surface area contributed by atoms with Crippen LogP contribution in [0.1, 0.15) is 46.3 Å². The van der Waals surface area contributed by atoms with E-state index in [0.29, 0.717) is 16.8 Å². The topological polar surface area (TPSA) is 66.5 Å². The van der Waals surface area contributed by atoms with E-state index in [1.54, 1.807) is 31.2 Å². The number of likely N-dealkylation sites (tertiary alicyclic amines) is 1. The van der Waals surface area contributed by atoms with Gasteiger partial charge in [0.25, 0.3) is 15.9 Å². The number of nitrogens with zero attached hydrogens (tertiary/aromatic N) is 1. The molecule has 144 valence electrons. The van der Waals surface area contributed by atoms with Crippen molar-refractivity contribution in [3.63, 3.8) is 0 Å². The van der Waals surface area contributed by atoms with Gasteiger partial charge in [0.1, 0.15) is 0 Å². The zero-order valence-corrected chi connectivity index (χ0v) is 16.9. The molecule has 2 aromatic rings. The molecule has 0 aliphatic carbocycles. The van der Waals surface area contributed by atoms with E-state index >= 15 is 0 Å². The molecular weight excluding hydrogens is 360 g/mol. The van der Waals surface area contributed by atoms with E-state index in [1.807, 2.05) is 24.8 Å². The molecule has 6 heteroatoms. The Labute approximate surface area is 161 Å². The van der Waals surface area contributed by atoms with Gasteiger partial charge in [-0.15, -0.1) is 0 Å². The Kier molecular flexibility index (Phi) is 5.56. The first-order chi connectivity index (χ1) is 12.8. The van der Waals surface area contributed by atoms with Crippen LogP contribution in [-0.2, 0) is 10.0 Å². The van der Waals surface area contributed by atoms with Gasteiger partial charge in [-0.05, 0) is 81.0 Å². The number of aryl methyl sites for hydroxylation is 3. The Morgan fingerprint density at radius 3 is 2.19 bits per heavy atom. The molecule has 1 fully saturated rings. The molecule has 1 aliphatic heterocycles. The van der Waals surface area contributed by atoms with Crippen molar-refractivity contribution >= 4 is 21.6 Å². The third-order valence-electron chi connectivity index (χ3n) is 4.84. The lowest BCUT2D eigenvalue weighted by molar-refractivity contribution is 0.0724. The van der Waals surface area contributed by atoms with Gasteiger partial charge in [0.2, 0.25) is 0 Å². The summed E-state index contributed by atoms with van der Waals surface area (Å²) in [4.78, 5) is 14.7. The van der Waals surface area contributed by atoms with Gasteiger partial charge in [-0.25, -0.2) is 8.42 Å². The van der Waals surface area contributed by atoms with Crippen molar-refractivity contribution in [3.05, 3.63) is 58.7 Å². The highest BCUT2D eigenvalue weighted by molar-refractivity contribution is 7.92. The Morgan fingerprint density at radius 2 is 1.56 bits per heavy atom. The number of hydrogen-bond acceptors (Lipinski definition) is 3. The fourth-order valence-electron chi connectivity index (χ4n) is 3.55. The van der Waals surface area contributed by atoms with Crippen LogP contribution in [0.3, 0.4) is 0 Å². The van der Waals surface area contributed by atoms with E-state index in [-0.39, 0.29) is 10.8 Å². The summed E-state index contributed by atoms with van der Waals surface area (Å²) in [5.41, 5.74) is 3.53. The number of carbonyl (C=O) groups is 1. The predicted octanol–water partition coefficient (Wildman–Crippen LogP) is 4.04. The number of anilines is 1. The largest absolute Gasteiger partial charge is 0.339 e. The molecule has 0 atom stereocenters. The van der Waals surface area contributed by atoms with Crippen molar-refractivity contribution in [1.29, 1.82) is 0 Å². The van der Waals surface area contributed by atoms with Crippen LogP contribution >= 0.6 is 0 Å². The van der Waals surface area contributed by atoms with Crippen LogP contribution in [0.2, 0.25) is 0 Å². The molecule has 3 rings (SSSR count). The van der Waals surface area contributed by atoms with Gasteiger partial charge in [0.15, 0.2) is 0 Å². The molecule has 0 saturated carbocycles. The van der Waals surface area contributed by atoms with Crippen LogP contribution in [0, 0.1) is 20.8 Å². The molecule has 1 heterocycles. The van der Waals surface area contributed by atoms with Gasteiger partial charge in [-0.3, -0.25) is 9.52 Å². The lowest BCUT2D eigenvalue weighted by Gasteiger charge is -2.27. The van der Waals surface area contributed by atoms with Crippen LogP contribution in [0.5, 0.6) is 0 Å². The van der Waals surface area contributed by atoms with Crippen molar-refractivity contribution in [2.24, 2.45) is 0 Å². The van der Waals surface area contributed by atoms with Crippen LogP contribution in [0.25, 0.3) is 0 Å². The molecule has 0 bridgehead atoms. The van der Waals surface area contributed by atoms with Crippen molar-refractivity contribution in [3.8, 4) is 0 Å². The van der Waals surface area contributed by atoms with Gasteiger partial charge >= 0.3 is 0 Å². The molecule has 2 aromatic carbocycles. The van der Waals surface area contributed by atoms with Gasteiger partial charge in [0.05, 0.1) is 4.90 Å². The molecule has 1 aliphatic rings. The maximum atomic E-state index is 13.0. The summed E-state index contributed by atoms with van der Waals surface area (Å²) >= 11 is 0. The fourth-order valence-corrected chi connectivity index (χ4v) is 4.86. The molecule has 1 amide bonds. The van der Waals surface area contributed by atoms with Crippen molar-refractivity contribution in [1.82, 2.24) is 4.90 Å². The molecule has 1 saturated heterocycles. The van der Waals surface area contributed by atoms with E-state index < -0.39 is 10.0 Å². The number of benzene rings is 2. The Hall–Kier alpha value is -2.34. The quantitative estimate of drug-likeness (QED) is 0.862. The summed E-state index contributed by atoms with van der Waals surface area (Å²) in [6.45, 7) is 7.05. The Bertz CT molecular complexity index is 941. The zero-order chi connectivity index (χ0) is 19.6. The van der Waals surface area contributed by atoms with Crippen LogP contribution in [-0.4, -0.2) is 32.3 Å². The highest BCUT2D eigenvalue weighted by Gasteiger charge is 2.23. The van der Waals surface area contributed by atoms with E-state index in [9.17, 15) is 13.2 Å². The third kappa shape index (κ3) is 4.50. The number of piperidine rings is 1. The molecule has 0 unspecified atom stereocenters.